The van der Waals surface area contributed by atoms with Crippen LogP contribution < -0.4 is 52.8 Å². The van der Waals surface area contributed by atoms with Crippen molar-refractivity contribution in [3.63, 3.8) is 0 Å². The fourth-order valence-corrected chi connectivity index (χ4v) is 10.9. The minimum atomic E-state index is -2.17. The van der Waals surface area contributed by atoms with E-state index in [1.807, 2.05) is 0 Å². The molecule has 0 bridgehead atoms. The second-order valence-electron chi connectivity index (χ2n) is 10.5. The van der Waals surface area contributed by atoms with Gasteiger partial charge in [-0.1, -0.05) is 121 Å². The first-order valence-electron chi connectivity index (χ1n) is 10.8. The second-order valence-corrected chi connectivity index (χ2v) is 19.9. The van der Waals surface area contributed by atoms with Crippen molar-refractivity contribution in [1.29, 1.82) is 0 Å². The smallest absolute Gasteiger partial charge is 1.00 e. The van der Waals surface area contributed by atoms with Crippen LogP contribution in [0.25, 0.3) is 0 Å². The predicted molar refractivity (Wildman–Crippen MR) is 135 cm³/mol. The molecule has 0 nitrogen and oxygen atoms in total. The van der Waals surface area contributed by atoms with E-state index in [1.54, 1.807) is 10.4 Å². The second kappa shape index (κ2) is 12.3. The fraction of sp³-hybridized carbons (Fsp3) is 0.407. The molecule has 0 spiro atoms. The summed E-state index contributed by atoms with van der Waals surface area (Å²) in [4.78, 5) is 0. The molecule has 0 N–H and O–H groups in total. The monoisotopic (exact) mass is 570 g/mol. The third kappa shape index (κ3) is 6.20. The third-order valence-corrected chi connectivity index (χ3v) is 14.9. The molecule has 0 aliphatic heterocycles. The molecule has 3 rings (SSSR count). The van der Waals surface area contributed by atoms with Gasteiger partial charge in [-0.2, -0.15) is 11.1 Å². The number of allylic oxidation sites excluding steroid dienone is 4. The van der Waals surface area contributed by atoms with Gasteiger partial charge >= 0.3 is 21.7 Å². The minimum Gasteiger partial charge on any atom is -1.00 e. The van der Waals surface area contributed by atoms with E-state index in [0.29, 0.717) is 0 Å². The molecule has 2 atom stereocenters. The third-order valence-electron chi connectivity index (χ3n) is 7.46. The molecule has 33 heavy (non-hydrogen) atoms. The van der Waals surface area contributed by atoms with Crippen molar-refractivity contribution in [2.75, 3.05) is 0 Å². The molecule has 178 valence electrons. The van der Waals surface area contributed by atoms with Crippen LogP contribution in [0.2, 0.25) is 31.2 Å². The Morgan fingerprint density at radius 3 is 1.58 bits per heavy atom. The fourth-order valence-electron chi connectivity index (χ4n) is 4.85. The number of hydrogen-bond donors (Lipinski definition) is 0. The molecule has 0 aromatic heterocycles. The van der Waals surface area contributed by atoms with E-state index >= 15 is 0 Å². The van der Waals surface area contributed by atoms with Gasteiger partial charge in [0.2, 0.25) is 0 Å². The van der Waals surface area contributed by atoms with Gasteiger partial charge in [-0.05, 0) is 13.8 Å². The summed E-state index contributed by atoms with van der Waals surface area (Å²) in [6, 6.07) is 16.8. The van der Waals surface area contributed by atoms with Crippen LogP contribution >= 0.6 is 0 Å². The zero-order valence-corrected chi connectivity index (χ0v) is 27.5. The average Bonchev–Trinajstić information content (AvgIpc) is 2.84. The van der Waals surface area contributed by atoms with Crippen LogP contribution in [0.1, 0.15) is 38.8 Å². The number of aryl methyl sites for hydroxylation is 2. The van der Waals surface area contributed by atoms with Crippen molar-refractivity contribution in [1.82, 2.24) is 0 Å². The van der Waals surface area contributed by atoms with Crippen molar-refractivity contribution >= 4 is 31.7 Å². The first-order chi connectivity index (χ1) is 13.3. The summed E-state index contributed by atoms with van der Waals surface area (Å²) in [6.45, 7) is 23.7. The molecule has 2 unspecified atom stereocenters. The summed E-state index contributed by atoms with van der Waals surface area (Å²) in [5.41, 5.74) is 6.98. The van der Waals surface area contributed by atoms with Crippen LogP contribution in [0, 0.1) is 19.9 Å². The van der Waals surface area contributed by atoms with Gasteiger partial charge < -0.3 is 37.2 Å². The Balaban J connectivity index is 0. The van der Waals surface area contributed by atoms with Gasteiger partial charge in [0.15, 0.2) is 0 Å². The minimum absolute atomic E-state index is 0. The summed E-state index contributed by atoms with van der Waals surface area (Å²) in [5.74, 6) is 0. The number of benzene rings is 2. The molecule has 0 fully saturated rings. The van der Waals surface area contributed by atoms with Crippen molar-refractivity contribution in [3.05, 3.63) is 76.4 Å². The molecule has 0 amide bonds. The molecule has 0 radical (unpaired) electrons. The molecule has 6 heteroatoms. The molecule has 0 heterocycles. The normalized spacial score (nSPS) is 19.3. The van der Waals surface area contributed by atoms with Crippen molar-refractivity contribution < 1.29 is 58.9 Å². The van der Waals surface area contributed by atoms with E-state index in [9.17, 15) is 0 Å². The summed E-state index contributed by atoms with van der Waals surface area (Å²) in [5, 5.41) is 4.59. The molecular formula is C27H37Cl3Si2Ti. The van der Waals surface area contributed by atoms with Crippen LogP contribution in [0.3, 0.4) is 0 Å². The van der Waals surface area contributed by atoms with Crippen molar-refractivity contribution in [2.24, 2.45) is 0 Å². The standard InChI is InChI=1S/C27H37Si2.3ClH.Ti/c1-19-11-13-24(14-12-19)29(10,27(6)18-21(3)22(4)23(27)5)26-16-20(2)15-25(17-26)28(7,8)9;;;;/h11-17H,1-10H3;3*1H;/q-1;;;;+4/p-3. The van der Waals surface area contributed by atoms with Gasteiger partial charge in [-0.15, -0.1) is 6.92 Å². The zero-order valence-electron chi connectivity index (χ0n) is 21.7. The molecule has 2 aromatic rings. The topological polar surface area (TPSA) is 0 Å². The predicted octanol–water partition coefficient (Wildman–Crippen LogP) is -3.09. The molecule has 0 saturated heterocycles. The number of halogens is 3. The maximum Gasteiger partial charge on any atom is 4.00 e. The van der Waals surface area contributed by atoms with Crippen LogP contribution in [0.15, 0.2) is 59.2 Å². The number of rotatable bonds is 4. The zero-order chi connectivity index (χ0) is 21.8. The Morgan fingerprint density at radius 2 is 1.15 bits per heavy atom. The molecule has 1 aliphatic rings. The SMILES string of the molecule is CC1=[C-]C(C)([Si](C)(c2ccc(C)cc2)c2cc(C)cc([Si](C)(C)C)c2)C(C)=C1C.[Cl-].[Cl-].[Cl-].[Ti+4]. The maximum atomic E-state index is 3.98. The van der Waals surface area contributed by atoms with Gasteiger partial charge in [-0.3, -0.25) is 6.08 Å². The summed E-state index contributed by atoms with van der Waals surface area (Å²) >= 11 is 0. The summed E-state index contributed by atoms with van der Waals surface area (Å²) < 4.78 is 0. The Hall–Kier alpha value is -0.0619. The molecule has 1 aliphatic carbocycles. The quantitative estimate of drug-likeness (QED) is 0.270. The van der Waals surface area contributed by atoms with Gasteiger partial charge in [0.05, 0.1) is 8.07 Å². The van der Waals surface area contributed by atoms with E-state index in [1.165, 1.54) is 33.0 Å². The largest absolute Gasteiger partial charge is 4.00 e. The summed E-state index contributed by atoms with van der Waals surface area (Å²) in [7, 11) is -3.58. The summed E-state index contributed by atoms with van der Waals surface area (Å²) in [6.07, 6.45) is 3.98. The molecular weight excluding hydrogens is 535 g/mol. The van der Waals surface area contributed by atoms with Crippen LogP contribution in [-0.2, 0) is 21.7 Å². The molecule has 2 aromatic carbocycles. The van der Waals surface area contributed by atoms with Gasteiger partial charge in [0.25, 0.3) is 0 Å². The van der Waals surface area contributed by atoms with Crippen LogP contribution in [-0.4, -0.2) is 16.1 Å². The van der Waals surface area contributed by atoms with Crippen LogP contribution in [0.4, 0.5) is 0 Å². The van der Waals surface area contributed by atoms with Gasteiger partial charge in [0.1, 0.15) is 8.07 Å². The van der Waals surface area contributed by atoms with Gasteiger partial charge in [0, 0.05) is 0 Å². The van der Waals surface area contributed by atoms with Gasteiger partial charge in [-0.25, -0.2) is 5.57 Å². The van der Waals surface area contributed by atoms with Crippen molar-refractivity contribution in [2.45, 2.75) is 72.8 Å². The van der Waals surface area contributed by atoms with Crippen molar-refractivity contribution in [3.8, 4) is 0 Å². The van der Waals surface area contributed by atoms with Crippen LogP contribution in [0.5, 0.6) is 0 Å². The van der Waals surface area contributed by atoms with E-state index < -0.39 is 16.1 Å². The average molecular weight is 572 g/mol. The first-order valence-corrected chi connectivity index (χ1v) is 16.8. The Morgan fingerprint density at radius 1 is 0.667 bits per heavy atom. The van der Waals surface area contributed by atoms with E-state index in [0.717, 1.165) is 0 Å². The number of hydrogen-bond acceptors (Lipinski definition) is 0. The van der Waals surface area contributed by atoms with E-state index in [2.05, 4.69) is 116 Å². The Labute approximate surface area is 238 Å². The van der Waals surface area contributed by atoms with E-state index in [4.69, 9.17) is 0 Å². The molecule has 0 saturated carbocycles. The first kappa shape index (κ1) is 35.1. The Bertz CT molecular complexity index is 1020. The maximum absolute atomic E-state index is 3.98. The van der Waals surface area contributed by atoms with E-state index in [-0.39, 0.29) is 64.0 Å². The Kier molecular flexibility index (Phi) is 13.0.